The smallest absolute Gasteiger partial charge is 0.341 e. The number of carboxylic acids is 1. The molecule has 3 heterocycles. The van der Waals surface area contributed by atoms with Crippen LogP contribution in [0.4, 0.5) is 5.00 Å². The van der Waals surface area contributed by atoms with Gasteiger partial charge in [-0.1, -0.05) is 18.7 Å². The first-order chi connectivity index (χ1) is 13.9. The van der Waals surface area contributed by atoms with Gasteiger partial charge in [0.05, 0.1) is 23.0 Å². The van der Waals surface area contributed by atoms with Gasteiger partial charge in [0.25, 0.3) is 0 Å². The molecule has 0 bridgehead atoms. The van der Waals surface area contributed by atoms with Crippen molar-refractivity contribution in [2.24, 2.45) is 0 Å². The molecule has 1 fully saturated rings. The van der Waals surface area contributed by atoms with Crippen molar-refractivity contribution in [1.29, 1.82) is 0 Å². The summed E-state index contributed by atoms with van der Waals surface area (Å²) in [7, 11) is 0. The summed E-state index contributed by atoms with van der Waals surface area (Å²) >= 11 is 2.14. The van der Waals surface area contributed by atoms with Crippen LogP contribution in [0.2, 0.25) is 0 Å². The Morgan fingerprint density at radius 3 is 2.76 bits per heavy atom. The number of ether oxygens (including phenoxy) is 1. The van der Waals surface area contributed by atoms with Crippen molar-refractivity contribution in [3.8, 4) is 0 Å². The van der Waals surface area contributed by atoms with E-state index in [4.69, 9.17) is 4.74 Å². The quantitative estimate of drug-likeness (QED) is 0.523. The lowest BCUT2D eigenvalue weighted by atomic mass is 10.2. The fraction of sp³-hybridized carbons (Fsp3) is 0.316. The molecular formula is C19H18N2O6S2. The van der Waals surface area contributed by atoms with Crippen molar-refractivity contribution >= 4 is 51.9 Å². The van der Waals surface area contributed by atoms with E-state index in [1.54, 1.807) is 13.0 Å². The Labute approximate surface area is 174 Å². The molecule has 1 atom stereocenters. The Bertz CT molecular complexity index is 987. The lowest BCUT2D eigenvalue weighted by Crippen LogP contribution is -2.31. The van der Waals surface area contributed by atoms with Gasteiger partial charge in [-0.05, 0) is 31.5 Å². The van der Waals surface area contributed by atoms with Crippen LogP contribution in [-0.4, -0.2) is 45.7 Å². The van der Waals surface area contributed by atoms with E-state index in [0.29, 0.717) is 6.42 Å². The molecule has 10 heteroatoms. The van der Waals surface area contributed by atoms with Gasteiger partial charge in [-0.2, -0.15) is 0 Å². The molecule has 0 aromatic carbocycles. The number of aryl methyl sites for hydroxylation is 1. The van der Waals surface area contributed by atoms with Gasteiger partial charge >= 0.3 is 11.9 Å². The number of amides is 2. The van der Waals surface area contributed by atoms with Gasteiger partial charge in [0.2, 0.25) is 11.8 Å². The minimum Gasteiger partial charge on any atom is -0.478 e. The fourth-order valence-corrected chi connectivity index (χ4v) is 5.03. The van der Waals surface area contributed by atoms with Crippen LogP contribution in [0.25, 0.3) is 0 Å². The molecule has 29 heavy (non-hydrogen) atoms. The molecular weight excluding hydrogens is 416 g/mol. The van der Waals surface area contributed by atoms with Crippen LogP contribution in [0.1, 0.15) is 45.9 Å². The number of thioether (sulfide) groups is 1. The predicted molar refractivity (Wildman–Crippen MR) is 108 cm³/mol. The third kappa shape index (κ3) is 4.18. The van der Waals surface area contributed by atoms with Crippen LogP contribution in [-0.2, 0) is 20.7 Å². The Morgan fingerprint density at radius 2 is 2.10 bits per heavy atom. The molecule has 8 nitrogen and oxygen atoms in total. The highest BCUT2D eigenvalue weighted by Crippen LogP contribution is 2.39. The molecule has 2 amide bonds. The lowest BCUT2D eigenvalue weighted by Gasteiger charge is -2.15. The van der Waals surface area contributed by atoms with E-state index in [0.717, 1.165) is 21.5 Å². The number of thiophene rings is 1. The SMILES string of the molecule is CCOC(=O)c1cc(CC)sc1N1C(=O)C[C@@H](Sc2ncccc2C(=O)O)C1=O. The largest absolute Gasteiger partial charge is 0.478 e. The third-order valence-electron chi connectivity index (χ3n) is 4.17. The van der Waals surface area contributed by atoms with Gasteiger partial charge in [-0.25, -0.2) is 19.5 Å². The first kappa shape index (κ1) is 21.0. The number of aromatic carboxylic acids is 1. The number of pyridine rings is 1. The number of esters is 1. The lowest BCUT2D eigenvalue weighted by molar-refractivity contribution is -0.121. The molecule has 0 radical (unpaired) electrons. The summed E-state index contributed by atoms with van der Waals surface area (Å²) in [4.78, 5) is 55.2. The number of carbonyl (C=O) groups excluding carboxylic acids is 3. The molecule has 2 aromatic heterocycles. The topological polar surface area (TPSA) is 114 Å². The standard InChI is InChI=1S/C19H18N2O6S2/c1-3-10-8-12(19(26)27-4-2)17(28-10)21-14(22)9-13(16(21)23)29-15-11(18(24)25)6-5-7-20-15/h5-8,13H,3-4,9H2,1-2H3,(H,24,25)/t13-/m1/s1. The van der Waals surface area contributed by atoms with Crippen LogP contribution >= 0.6 is 23.1 Å². The summed E-state index contributed by atoms with van der Waals surface area (Å²) in [6, 6.07) is 4.52. The van der Waals surface area contributed by atoms with E-state index < -0.39 is 29.0 Å². The van der Waals surface area contributed by atoms with E-state index in [2.05, 4.69) is 4.98 Å². The van der Waals surface area contributed by atoms with E-state index >= 15 is 0 Å². The highest BCUT2D eigenvalue weighted by Gasteiger charge is 2.43. The molecule has 3 rings (SSSR count). The van der Waals surface area contributed by atoms with Gasteiger partial charge in [0, 0.05) is 17.5 Å². The number of carbonyl (C=O) groups is 4. The molecule has 0 aliphatic carbocycles. The number of nitrogens with zero attached hydrogens (tertiary/aromatic N) is 2. The van der Waals surface area contributed by atoms with Crippen molar-refractivity contribution in [3.63, 3.8) is 0 Å². The minimum absolute atomic E-state index is 0.0344. The first-order valence-corrected chi connectivity index (χ1v) is 10.6. The van der Waals surface area contributed by atoms with Crippen molar-refractivity contribution in [3.05, 3.63) is 40.4 Å². The van der Waals surface area contributed by atoms with E-state index in [1.807, 2.05) is 6.92 Å². The second kappa shape index (κ2) is 8.75. The number of rotatable bonds is 7. The Balaban J connectivity index is 1.91. The van der Waals surface area contributed by atoms with Crippen LogP contribution in [0.3, 0.4) is 0 Å². The Kier molecular flexibility index (Phi) is 6.33. The molecule has 2 aromatic rings. The fourth-order valence-electron chi connectivity index (χ4n) is 2.82. The van der Waals surface area contributed by atoms with Crippen LogP contribution in [0.15, 0.2) is 29.4 Å². The Hall–Kier alpha value is -2.72. The van der Waals surface area contributed by atoms with Crippen molar-refractivity contribution < 1.29 is 29.0 Å². The minimum atomic E-state index is -1.16. The second-order valence-electron chi connectivity index (χ2n) is 6.04. The normalized spacial score (nSPS) is 16.3. The van der Waals surface area contributed by atoms with E-state index in [1.165, 1.54) is 29.7 Å². The highest BCUT2D eigenvalue weighted by atomic mass is 32.2. The average Bonchev–Trinajstić information content (AvgIpc) is 3.23. The summed E-state index contributed by atoms with van der Waals surface area (Å²) < 4.78 is 5.06. The maximum absolute atomic E-state index is 13.0. The van der Waals surface area contributed by atoms with Crippen molar-refractivity contribution in [2.45, 2.75) is 37.0 Å². The average molecular weight is 434 g/mol. The number of carboxylic acid groups (broad SMARTS) is 1. The zero-order valence-corrected chi connectivity index (χ0v) is 17.3. The number of anilines is 1. The molecule has 1 aliphatic heterocycles. The first-order valence-electron chi connectivity index (χ1n) is 8.88. The van der Waals surface area contributed by atoms with Gasteiger partial charge in [-0.15, -0.1) is 11.3 Å². The molecule has 0 saturated carbocycles. The summed E-state index contributed by atoms with van der Waals surface area (Å²) in [6.45, 7) is 3.76. The molecule has 152 valence electrons. The monoisotopic (exact) mass is 434 g/mol. The summed E-state index contributed by atoms with van der Waals surface area (Å²) in [5.74, 6) is -2.70. The molecule has 1 aliphatic rings. The second-order valence-corrected chi connectivity index (χ2v) is 8.35. The molecule has 0 unspecified atom stereocenters. The number of aromatic nitrogens is 1. The molecule has 1 N–H and O–H groups in total. The summed E-state index contributed by atoms with van der Waals surface area (Å²) in [6.07, 6.45) is 1.96. The van der Waals surface area contributed by atoms with Gasteiger partial charge in [0.15, 0.2) is 0 Å². The van der Waals surface area contributed by atoms with Gasteiger partial charge in [0.1, 0.15) is 10.0 Å². The van der Waals surface area contributed by atoms with Crippen molar-refractivity contribution in [1.82, 2.24) is 4.98 Å². The zero-order valence-electron chi connectivity index (χ0n) is 15.7. The molecule has 0 spiro atoms. The molecule has 1 saturated heterocycles. The van der Waals surface area contributed by atoms with E-state index in [-0.39, 0.29) is 34.2 Å². The maximum Gasteiger partial charge on any atom is 0.341 e. The summed E-state index contributed by atoms with van der Waals surface area (Å²) in [5.41, 5.74) is 0.151. The van der Waals surface area contributed by atoms with E-state index in [9.17, 15) is 24.3 Å². The van der Waals surface area contributed by atoms with Gasteiger partial charge in [-0.3, -0.25) is 9.59 Å². The van der Waals surface area contributed by atoms with Crippen LogP contribution in [0.5, 0.6) is 0 Å². The van der Waals surface area contributed by atoms with Gasteiger partial charge < -0.3 is 9.84 Å². The van der Waals surface area contributed by atoms with Crippen molar-refractivity contribution in [2.75, 3.05) is 11.5 Å². The predicted octanol–water partition coefficient (Wildman–Crippen LogP) is 3.00. The number of hydrogen-bond acceptors (Lipinski definition) is 8. The van der Waals surface area contributed by atoms with Crippen LogP contribution < -0.4 is 4.90 Å². The zero-order chi connectivity index (χ0) is 21.1. The number of hydrogen-bond donors (Lipinski definition) is 1. The highest BCUT2D eigenvalue weighted by molar-refractivity contribution is 8.00. The van der Waals surface area contributed by atoms with Crippen LogP contribution in [0, 0.1) is 0 Å². The Morgan fingerprint density at radius 1 is 1.34 bits per heavy atom. The summed E-state index contributed by atoms with van der Waals surface area (Å²) in [5, 5.41) is 8.89. The maximum atomic E-state index is 13.0. The third-order valence-corrected chi connectivity index (χ3v) is 6.64. The number of imide groups is 1.